The Hall–Kier alpha value is -1.46. The molecule has 1 rings (SSSR count). The summed E-state index contributed by atoms with van der Waals surface area (Å²) >= 11 is 0. The summed E-state index contributed by atoms with van der Waals surface area (Å²) in [4.78, 5) is 11.7. The maximum atomic E-state index is 11.7. The summed E-state index contributed by atoms with van der Waals surface area (Å²) in [6.45, 7) is 6.42. The molecule has 0 bridgehead atoms. The molecule has 2 atom stereocenters. The molecule has 0 aliphatic carbocycles. The van der Waals surface area contributed by atoms with Crippen molar-refractivity contribution in [2.75, 3.05) is 13.7 Å². The number of hydrogen-bond donors (Lipinski definition) is 2. The van der Waals surface area contributed by atoms with E-state index >= 15 is 0 Å². The molecule has 0 spiro atoms. The van der Waals surface area contributed by atoms with Gasteiger partial charge in [0, 0.05) is 0 Å². The monoisotopic (exact) mass is 344 g/mol. The van der Waals surface area contributed by atoms with Crippen molar-refractivity contribution in [1.82, 2.24) is 5.32 Å². The molecule has 0 radical (unpaired) electrons. The van der Waals surface area contributed by atoms with Gasteiger partial charge in [-0.25, -0.2) is 0 Å². The molecule has 3 N–H and O–H groups in total. The van der Waals surface area contributed by atoms with Crippen LogP contribution in [0.2, 0.25) is 0 Å². The van der Waals surface area contributed by atoms with Gasteiger partial charge in [-0.1, -0.05) is 25.8 Å². The minimum atomic E-state index is -0.523. The zero-order valence-electron chi connectivity index (χ0n) is 14.4. The van der Waals surface area contributed by atoms with E-state index in [0.717, 1.165) is 30.6 Å². The van der Waals surface area contributed by atoms with Gasteiger partial charge in [0.2, 0.25) is 5.91 Å². The third-order valence-corrected chi connectivity index (χ3v) is 3.47. The van der Waals surface area contributed by atoms with E-state index in [2.05, 4.69) is 12.2 Å². The van der Waals surface area contributed by atoms with E-state index in [4.69, 9.17) is 15.2 Å². The van der Waals surface area contributed by atoms with Gasteiger partial charge in [0.25, 0.3) is 0 Å². The van der Waals surface area contributed by atoms with Crippen LogP contribution in [0, 0.1) is 0 Å². The zero-order chi connectivity index (χ0) is 16.5. The number of nitrogens with one attached hydrogen (secondary N) is 1. The summed E-state index contributed by atoms with van der Waals surface area (Å²) < 4.78 is 11.1. The molecule has 0 aliphatic rings. The van der Waals surface area contributed by atoms with Gasteiger partial charge in [0.1, 0.15) is 0 Å². The van der Waals surface area contributed by atoms with Gasteiger partial charge in [-0.15, -0.1) is 12.4 Å². The molecule has 132 valence electrons. The van der Waals surface area contributed by atoms with Gasteiger partial charge >= 0.3 is 0 Å². The Morgan fingerprint density at radius 1 is 1.26 bits per heavy atom. The lowest BCUT2D eigenvalue weighted by Gasteiger charge is -2.18. The Balaban J connectivity index is 0.00000484. The van der Waals surface area contributed by atoms with E-state index in [-0.39, 0.29) is 24.4 Å². The predicted octanol–water partition coefficient (Wildman–Crippen LogP) is 3.21. The Bertz CT molecular complexity index is 481. The molecule has 23 heavy (non-hydrogen) atoms. The molecule has 6 heteroatoms. The van der Waals surface area contributed by atoms with Gasteiger partial charge in [0.15, 0.2) is 11.5 Å². The average Bonchev–Trinajstić information content (AvgIpc) is 2.51. The quantitative estimate of drug-likeness (QED) is 0.674. The molecule has 0 aromatic heterocycles. The Kier molecular flexibility index (Phi) is 10.4. The summed E-state index contributed by atoms with van der Waals surface area (Å²) in [6, 6.07) is 5.05. The standard InChI is InChI=1S/C17H28N2O3.ClH/c1-5-6-7-10-22-15-9-8-14(11-16(15)21-4)13(3)19-17(20)12(2)18;/h8-9,11-13H,5-7,10,18H2,1-4H3,(H,19,20);1H/t12-,13?;/m0./s1. The summed E-state index contributed by atoms with van der Waals surface area (Å²) in [6.07, 6.45) is 3.35. The molecule has 0 aliphatic heterocycles. The third kappa shape index (κ3) is 7.10. The topological polar surface area (TPSA) is 73.6 Å². The van der Waals surface area contributed by atoms with Gasteiger partial charge in [0.05, 0.1) is 25.8 Å². The summed E-state index contributed by atoms with van der Waals surface area (Å²) in [7, 11) is 1.61. The van der Waals surface area contributed by atoms with Crippen LogP contribution in [-0.4, -0.2) is 25.7 Å². The lowest BCUT2D eigenvalue weighted by Crippen LogP contribution is -2.39. The first-order chi connectivity index (χ1) is 10.5. The normalized spacial score (nSPS) is 12.7. The second-order valence-corrected chi connectivity index (χ2v) is 5.48. The van der Waals surface area contributed by atoms with Gasteiger partial charge in [-0.05, 0) is 38.0 Å². The van der Waals surface area contributed by atoms with Crippen LogP contribution in [0.15, 0.2) is 18.2 Å². The fraction of sp³-hybridized carbons (Fsp3) is 0.588. The maximum absolute atomic E-state index is 11.7. The van der Waals surface area contributed by atoms with E-state index in [0.29, 0.717) is 12.4 Å². The molecule has 0 heterocycles. The van der Waals surface area contributed by atoms with Gasteiger partial charge < -0.3 is 20.5 Å². The van der Waals surface area contributed by atoms with Gasteiger partial charge in [-0.3, -0.25) is 4.79 Å². The highest BCUT2D eigenvalue weighted by Gasteiger charge is 2.15. The van der Waals surface area contributed by atoms with Crippen LogP contribution in [0.1, 0.15) is 51.6 Å². The van der Waals surface area contributed by atoms with Crippen molar-refractivity contribution >= 4 is 18.3 Å². The van der Waals surface area contributed by atoms with Crippen molar-refractivity contribution in [3.05, 3.63) is 23.8 Å². The van der Waals surface area contributed by atoms with Crippen LogP contribution >= 0.6 is 12.4 Å². The number of unbranched alkanes of at least 4 members (excludes halogenated alkanes) is 2. The number of nitrogens with two attached hydrogens (primary N) is 1. The van der Waals surface area contributed by atoms with Crippen molar-refractivity contribution in [2.45, 2.75) is 52.1 Å². The third-order valence-electron chi connectivity index (χ3n) is 3.47. The second kappa shape index (κ2) is 11.1. The summed E-state index contributed by atoms with van der Waals surface area (Å²) in [5.41, 5.74) is 6.52. The number of hydrogen-bond acceptors (Lipinski definition) is 4. The van der Waals surface area contributed by atoms with E-state index in [9.17, 15) is 4.79 Å². The molecule has 1 amide bonds. The Morgan fingerprint density at radius 2 is 1.96 bits per heavy atom. The molecule has 1 unspecified atom stereocenters. The second-order valence-electron chi connectivity index (χ2n) is 5.48. The van der Waals surface area contributed by atoms with Crippen molar-refractivity contribution in [1.29, 1.82) is 0 Å². The SMILES string of the molecule is CCCCCOc1ccc(C(C)NC(=O)[C@H](C)N)cc1OC.Cl. The highest BCUT2D eigenvalue weighted by atomic mass is 35.5. The van der Waals surface area contributed by atoms with E-state index in [1.54, 1.807) is 14.0 Å². The van der Waals surface area contributed by atoms with Crippen LogP contribution in [0.3, 0.4) is 0 Å². The predicted molar refractivity (Wildman–Crippen MR) is 95.5 cm³/mol. The van der Waals surface area contributed by atoms with E-state index < -0.39 is 6.04 Å². The zero-order valence-corrected chi connectivity index (χ0v) is 15.2. The lowest BCUT2D eigenvalue weighted by atomic mass is 10.1. The molecule has 0 fully saturated rings. The van der Waals surface area contributed by atoms with Crippen molar-refractivity contribution in [2.24, 2.45) is 5.73 Å². The number of ether oxygens (including phenoxy) is 2. The molecular formula is C17H29ClN2O3. The Morgan fingerprint density at radius 3 is 2.52 bits per heavy atom. The van der Waals surface area contributed by atoms with Crippen LogP contribution in [0.25, 0.3) is 0 Å². The number of amides is 1. The van der Waals surface area contributed by atoms with Crippen molar-refractivity contribution in [3.63, 3.8) is 0 Å². The smallest absolute Gasteiger partial charge is 0.237 e. The summed E-state index contributed by atoms with van der Waals surface area (Å²) in [5.74, 6) is 1.23. The van der Waals surface area contributed by atoms with Crippen molar-refractivity contribution < 1.29 is 14.3 Å². The highest BCUT2D eigenvalue weighted by Crippen LogP contribution is 2.30. The van der Waals surface area contributed by atoms with E-state index in [1.807, 2.05) is 25.1 Å². The fourth-order valence-electron chi connectivity index (χ4n) is 2.04. The lowest BCUT2D eigenvalue weighted by molar-refractivity contribution is -0.122. The largest absolute Gasteiger partial charge is 0.493 e. The molecule has 1 aromatic rings. The van der Waals surface area contributed by atoms with Crippen LogP contribution in [-0.2, 0) is 4.79 Å². The first-order valence-electron chi connectivity index (χ1n) is 7.86. The van der Waals surface area contributed by atoms with E-state index in [1.165, 1.54) is 0 Å². The number of rotatable bonds is 9. The summed E-state index contributed by atoms with van der Waals surface area (Å²) in [5, 5.41) is 2.87. The average molecular weight is 345 g/mol. The first kappa shape index (κ1) is 21.5. The number of methoxy groups -OCH3 is 1. The van der Waals surface area contributed by atoms with Crippen molar-refractivity contribution in [3.8, 4) is 11.5 Å². The first-order valence-corrected chi connectivity index (χ1v) is 7.86. The molecule has 1 aromatic carbocycles. The number of halogens is 1. The maximum Gasteiger partial charge on any atom is 0.237 e. The number of carbonyl (C=O) groups excluding carboxylic acids is 1. The minimum Gasteiger partial charge on any atom is -0.493 e. The highest BCUT2D eigenvalue weighted by molar-refractivity contribution is 5.85. The molecule has 0 saturated carbocycles. The minimum absolute atomic E-state index is 0. The van der Waals surface area contributed by atoms with Gasteiger partial charge in [-0.2, -0.15) is 0 Å². The molecular weight excluding hydrogens is 316 g/mol. The number of benzene rings is 1. The van der Waals surface area contributed by atoms with Crippen LogP contribution < -0.4 is 20.5 Å². The Labute approximate surface area is 145 Å². The molecule has 0 saturated heterocycles. The van der Waals surface area contributed by atoms with Crippen LogP contribution in [0.5, 0.6) is 11.5 Å². The van der Waals surface area contributed by atoms with Crippen LogP contribution in [0.4, 0.5) is 0 Å². The molecule has 5 nitrogen and oxygen atoms in total. The number of carbonyl (C=O) groups is 1. The fourth-order valence-corrected chi connectivity index (χ4v) is 2.04.